The lowest BCUT2D eigenvalue weighted by Crippen LogP contribution is -2.41. The maximum Gasteiger partial charge on any atom is 0.227 e. The molecule has 2 aliphatic rings. The van der Waals surface area contributed by atoms with Crippen molar-refractivity contribution in [3.8, 4) is 6.07 Å². The lowest BCUT2D eigenvalue weighted by atomic mass is 10.0. The molecular weight excluding hydrogens is 309 g/mol. The summed E-state index contributed by atoms with van der Waals surface area (Å²) in [6.07, 6.45) is 0.808. The van der Waals surface area contributed by atoms with Crippen molar-refractivity contribution in [1.29, 1.82) is 5.26 Å². The number of benzene rings is 1. The molecule has 0 bridgehead atoms. The summed E-state index contributed by atoms with van der Waals surface area (Å²) in [7, 11) is 0. The predicted octanol–water partition coefficient (Wildman–Crippen LogP) is 1.81. The summed E-state index contributed by atoms with van der Waals surface area (Å²) in [4.78, 5) is 14.6. The van der Waals surface area contributed by atoms with Gasteiger partial charge in [0.25, 0.3) is 0 Å². The molecule has 0 aliphatic carbocycles. The van der Waals surface area contributed by atoms with E-state index in [0.29, 0.717) is 19.7 Å². The number of ether oxygens (including phenoxy) is 1. The Hall–Kier alpha value is -1.97. The first-order valence-electron chi connectivity index (χ1n) is 8.34. The number of rotatable bonds is 4. The molecule has 24 heavy (non-hydrogen) atoms. The third-order valence-corrected chi connectivity index (χ3v) is 4.70. The highest BCUT2D eigenvalue weighted by atomic mass is 19.1. The maximum atomic E-state index is 13.5. The van der Waals surface area contributed by atoms with Crippen molar-refractivity contribution < 1.29 is 13.9 Å². The predicted molar refractivity (Wildman–Crippen MR) is 86.4 cm³/mol. The highest BCUT2D eigenvalue weighted by Gasteiger charge is 2.48. The molecule has 1 amide bonds. The van der Waals surface area contributed by atoms with E-state index in [1.165, 1.54) is 6.07 Å². The van der Waals surface area contributed by atoms with Crippen LogP contribution >= 0.6 is 0 Å². The van der Waals surface area contributed by atoms with Gasteiger partial charge in [0.1, 0.15) is 11.9 Å². The average molecular weight is 331 g/mol. The third-order valence-electron chi connectivity index (χ3n) is 4.70. The molecule has 6 heteroatoms. The molecule has 3 rings (SSSR count). The molecule has 0 spiro atoms. The quantitative estimate of drug-likeness (QED) is 0.914. The topological polar surface area (TPSA) is 65.4 Å². The molecule has 3 atom stereocenters. The van der Waals surface area contributed by atoms with E-state index >= 15 is 0 Å². The van der Waals surface area contributed by atoms with E-state index in [-0.39, 0.29) is 35.6 Å². The van der Waals surface area contributed by atoms with Crippen LogP contribution in [0.2, 0.25) is 0 Å². The minimum Gasteiger partial charge on any atom is -0.376 e. The van der Waals surface area contributed by atoms with Crippen molar-refractivity contribution in [2.75, 3.05) is 13.2 Å². The molecule has 2 fully saturated rings. The first kappa shape index (κ1) is 16.9. The first-order chi connectivity index (χ1) is 11.5. The van der Waals surface area contributed by atoms with Gasteiger partial charge in [0.15, 0.2) is 0 Å². The molecule has 2 heterocycles. The molecule has 2 aliphatic heterocycles. The van der Waals surface area contributed by atoms with Crippen molar-refractivity contribution in [3.05, 3.63) is 35.1 Å². The number of carbonyl (C=O) groups is 1. The Balaban J connectivity index is 1.75. The van der Waals surface area contributed by atoms with E-state index in [2.05, 4.69) is 10.2 Å². The van der Waals surface area contributed by atoms with Crippen LogP contribution < -0.4 is 5.32 Å². The second-order valence-electron chi connectivity index (χ2n) is 6.82. The van der Waals surface area contributed by atoms with Crippen LogP contribution in [0.5, 0.6) is 0 Å². The Morgan fingerprint density at radius 3 is 3.04 bits per heavy atom. The minimum atomic E-state index is -0.501. The van der Waals surface area contributed by atoms with Gasteiger partial charge in [-0.15, -0.1) is 0 Å². The average Bonchev–Trinajstić information content (AvgIpc) is 3.12. The van der Waals surface area contributed by atoms with Gasteiger partial charge in [-0.3, -0.25) is 9.69 Å². The number of halogens is 1. The second-order valence-corrected chi connectivity index (χ2v) is 6.82. The molecule has 1 aromatic rings. The largest absolute Gasteiger partial charge is 0.376 e. The van der Waals surface area contributed by atoms with Gasteiger partial charge < -0.3 is 10.1 Å². The van der Waals surface area contributed by atoms with Crippen LogP contribution in [0.25, 0.3) is 0 Å². The van der Waals surface area contributed by atoms with Gasteiger partial charge in [0.2, 0.25) is 5.91 Å². The molecule has 0 aromatic heterocycles. The minimum absolute atomic E-state index is 0.0289. The van der Waals surface area contributed by atoms with Crippen LogP contribution in [0.3, 0.4) is 0 Å². The summed E-state index contributed by atoms with van der Waals surface area (Å²) in [6.45, 7) is 5.75. The Bertz CT molecular complexity index is 671. The number of nitrogens with one attached hydrogen (secondary N) is 1. The maximum absolute atomic E-state index is 13.5. The summed E-state index contributed by atoms with van der Waals surface area (Å²) in [5.41, 5.74) is 0.934. The number of carbonyl (C=O) groups excluding carboxylic acids is 1. The molecule has 0 unspecified atom stereocenters. The van der Waals surface area contributed by atoms with Gasteiger partial charge in [-0.05, 0) is 38.0 Å². The van der Waals surface area contributed by atoms with Crippen molar-refractivity contribution in [2.24, 2.45) is 5.92 Å². The highest BCUT2D eigenvalue weighted by molar-refractivity contribution is 5.80. The summed E-state index contributed by atoms with van der Waals surface area (Å²) >= 11 is 0. The summed E-state index contributed by atoms with van der Waals surface area (Å²) in [5.74, 6) is -0.657. The standard InChI is InChI=1S/C18H22FN3O2/c1-11(2)21-18(23)14-10-22(16-5-6-24-17(14)16)9-12-3-4-15(19)13(7-12)8-20/h3-4,7,11,14,16-17H,5-6,9-10H2,1-2H3,(H,21,23)/t14-,16+,17+/m1/s1. The van der Waals surface area contributed by atoms with Crippen LogP contribution in [0.1, 0.15) is 31.4 Å². The first-order valence-corrected chi connectivity index (χ1v) is 8.34. The van der Waals surface area contributed by atoms with Gasteiger partial charge >= 0.3 is 0 Å². The van der Waals surface area contributed by atoms with E-state index in [1.54, 1.807) is 12.1 Å². The van der Waals surface area contributed by atoms with E-state index in [4.69, 9.17) is 10.00 Å². The lowest BCUT2D eigenvalue weighted by molar-refractivity contribution is -0.128. The molecule has 0 saturated carbocycles. The second kappa shape index (κ2) is 6.88. The zero-order valence-electron chi connectivity index (χ0n) is 14.0. The number of amides is 1. The van der Waals surface area contributed by atoms with Crippen molar-refractivity contribution in [1.82, 2.24) is 10.2 Å². The number of nitriles is 1. The molecular formula is C18H22FN3O2. The summed E-state index contributed by atoms with van der Waals surface area (Å²) in [5, 5.41) is 11.9. The fraction of sp³-hybridized carbons (Fsp3) is 0.556. The summed E-state index contributed by atoms with van der Waals surface area (Å²) in [6, 6.07) is 6.78. The molecule has 0 radical (unpaired) electrons. The van der Waals surface area contributed by atoms with E-state index in [9.17, 15) is 9.18 Å². The molecule has 128 valence electrons. The van der Waals surface area contributed by atoms with Gasteiger partial charge in [-0.1, -0.05) is 6.07 Å². The molecule has 2 saturated heterocycles. The highest BCUT2D eigenvalue weighted by Crippen LogP contribution is 2.34. The SMILES string of the molecule is CC(C)NC(=O)[C@@H]1CN(Cc2ccc(F)c(C#N)c2)[C@H]2CCO[C@@H]12. The Labute approximate surface area is 141 Å². The number of nitrogens with zero attached hydrogens (tertiary/aromatic N) is 2. The van der Waals surface area contributed by atoms with Gasteiger partial charge in [-0.25, -0.2) is 4.39 Å². The monoisotopic (exact) mass is 331 g/mol. The van der Waals surface area contributed by atoms with Gasteiger partial charge in [0.05, 0.1) is 17.6 Å². The van der Waals surface area contributed by atoms with Crippen LogP contribution in [-0.4, -0.2) is 42.1 Å². The van der Waals surface area contributed by atoms with Gasteiger partial charge in [-0.2, -0.15) is 5.26 Å². The molecule has 1 N–H and O–H groups in total. The fourth-order valence-corrected chi connectivity index (χ4v) is 3.66. The van der Waals surface area contributed by atoms with Crippen LogP contribution in [-0.2, 0) is 16.1 Å². The Morgan fingerprint density at radius 2 is 2.33 bits per heavy atom. The van der Waals surface area contributed by atoms with E-state index < -0.39 is 5.82 Å². The normalized spacial score (nSPS) is 26.4. The van der Waals surface area contributed by atoms with Gasteiger partial charge in [0, 0.05) is 31.8 Å². The van der Waals surface area contributed by atoms with Crippen molar-refractivity contribution in [2.45, 2.75) is 45.0 Å². The number of hydrogen-bond donors (Lipinski definition) is 1. The van der Waals surface area contributed by atoms with E-state index in [1.807, 2.05) is 19.9 Å². The molecule has 1 aromatic carbocycles. The fourth-order valence-electron chi connectivity index (χ4n) is 3.66. The van der Waals surface area contributed by atoms with Crippen molar-refractivity contribution in [3.63, 3.8) is 0 Å². The zero-order chi connectivity index (χ0) is 17.3. The lowest BCUT2D eigenvalue weighted by Gasteiger charge is -2.22. The van der Waals surface area contributed by atoms with Crippen LogP contribution in [0.15, 0.2) is 18.2 Å². The third kappa shape index (κ3) is 3.28. The van der Waals surface area contributed by atoms with E-state index in [0.717, 1.165) is 12.0 Å². The summed E-state index contributed by atoms with van der Waals surface area (Å²) < 4.78 is 19.3. The number of hydrogen-bond acceptors (Lipinski definition) is 4. The Kier molecular flexibility index (Phi) is 4.83. The van der Waals surface area contributed by atoms with Crippen LogP contribution in [0.4, 0.5) is 4.39 Å². The zero-order valence-corrected chi connectivity index (χ0v) is 14.0. The number of fused-ring (bicyclic) bond motifs is 1. The van der Waals surface area contributed by atoms with Crippen LogP contribution in [0, 0.1) is 23.1 Å². The number of likely N-dealkylation sites (tertiary alicyclic amines) is 1. The van der Waals surface area contributed by atoms with Crippen molar-refractivity contribution >= 4 is 5.91 Å². The Morgan fingerprint density at radius 1 is 1.54 bits per heavy atom. The smallest absolute Gasteiger partial charge is 0.227 e. The molecule has 5 nitrogen and oxygen atoms in total.